The fraction of sp³-hybridized carbons (Fsp3) is 0. The van der Waals surface area contributed by atoms with Gasteiger partial charge in [-0.05, 0) is 48.5 Å². The van der Waals surface area contributed by atoms with Crippen molar-refractivity contribution in [1.82, 2.24) is 0 Å². The first-order valence-corrected chi connectivity index (χ1v) is 11.4. The lowest BCUT2D eigenvalue weighted by Crippen LogP contribution is -2.14. The van der Waals surface area contributed by atoms with Gasteiger partial charge in [0.15, 0.2) is 0 Å². The largest absolute Gasteiger partial charge is 0.280 e. The molecule has 0 aliphatic carbocycles. The zero-order chi connectivity index (χ0) is 18.8. The number of para-hydroxylation sites is 1. The molecule has 136 valence electrons. The summed E-state index contributed by atoms with van der Waals surface area (Å²) in [6, 6.07) is 16.8. The highest BCUT2D eigenvalue weighted by molar-refractivity contribution is 7.94. The summed E-state index contributed by atoms with van der Waals surface area (Å²) in [6.07, 6.45) is 0. The van der Waals surface area contributed by atoms with Gasteiger partial charge in [0.2, 0.25) is 0 Å². The summed E-state index contributed by atoms with van der Waals surface area (Å²) in [7, 11) is -7.54. The Hall–Kier alpha value is -2.07. The Balaban J connectivity index is 1.78. The second-order valence-corrected chi connectivity index (χ2v) is 10.5. The highest BCUT2D eigenvalue weighted by Crippen LogP contribution is 2.27. The van der Waals surface area contributed by atoms with E-state index in [4.69, 9.17) is 11.6 Å². The Kier molecular flexibility index (Phi) is 5.24. The van der Waals surface area contributed by atoms with Gasteiger partial charge in [-0.3, -0.25) is 9.44 Å². The van der Waals surface area contributed by atoms with Gasteiger partial charge in [-0.15, -0.1) is 11.3 Å². The number of hydrogen-bond donors (Lipinski definition) is 2. The zero-order valence-corrected chi connectivity index (χ0v) is 16.3. The predicted octanol–water partition coefficient (Wildman–Crippen LogP) is 4.00. The van der Waals surface area contributed by atoms with E-state index < -0.39 is 20.0 Å². The lowest BCUT2D eigenvalue weighted by molar-refractivity contribution is 0.600. The van der Waals surface area contributed by atoms with Crippen molar-refractivity contribution in [3.05, 3.63) is 71.1 Å². The van der Waals surface area contributed by atoms with Crippen LogP contribution in [0, 0.1) is 0 Å². The monoisotopic (exact) mass is 428 g/mol. The van der Waals surface area contributed by atoms with E-state index in [1.54, 1.807) is 30.3 Å². The molecule has 1 aromatic heterocycles. The normalized spacial score (nSPS) is 11.9. The lowest BCUT2D eigenvalue weighted by atomic mass is 10.3. The summed E-state index contributed by atoms with van der Waals surface area (Å²) in [6.45, 7) is 0. The minimum absolute atomic E-state index is 0.0171. The minimum Gasteiger partial charge on any atom is -0.280 e. The van der Waals surface area contributed by atoms with E-state index in [2.05, 4.69) is 9.44 Å². The van der Waals surface area contributed by atoms with Gasteiger partial charge < -0.3 is 0 Å². The molecule has 0 unspecified atom stereocenters. The molecule has 1 heterocycles. The van der Waals surface area contributed by atoms with Gasteiger partial charge in [0.05, 0.1) is 9.23 Å². The number of hydrogen-bond acceptors (Lipinski definition) is 5. The van der Waals surface area contributed by atoms with Gasteiger partial charge in [0.25, 0.3) is 20.0 Å². The molecule has 6 nitrogen and oxygen atoms in total. The van der Waals surface area contributed by atoms with Crippen molar-refractivity contribution in [2.24, 2.45) is 0 Å². The van der Waals surface area contributed by atoms with Crippen LogP contribution in [0.2, 0.25) is 4.34 Å². The summed E-state index contributed by atoms with van der Waals surface area (Å²) in [5.41, 5.74) is 0.681. The van der Waals surface area contributed by atoms with Crippen molar-refractivity contribution >= 4 is 54.4 Å². The van der Waals surface area contributed by atoms with E-state index >= 15 is 0 Å². The molecule has 2 aromatic carbocycles. The van der Waals surface area contributed by atoms with Gasteiger partial charge in [0.1, 0.15) is 4.21 Å². The van der Waals surface area contributed by atoms with E-state index in [1.807, 2.05) is 0 Å². The van der Waals surface area contributed by atoms with Crippen molar-refractivity contribution in [3.63, 3.8) is 0 Å². The molecular formula is C16H13ClN2O4S3. The third-order valence-electron chi connectivity index (χ3n) is 3.26. The van der Waals surface area contributed by atoms with Crippen molar-refractivity contribution in [1.29, 1.82) is 0 Å². The number of sulfonamides is 2. The second-order valence-electron chi connectivity index (χ2n) is 5.16. The summed E-state index contributed by atoms with van der Waals surface area (Å²) in [4.78, 5) is 0.0171. The van der Waals surface area contributed by atoms with E-state index in [0.29, 0.717) is 10.0 Å². The van der Waals surface area contributed by atoms with E-state index in [9.17, 15) is 16.8 Å². The molecule has 0 saturated heterocycles. The Labute approximate surface area is 160 Å². The molecule has 0 saturated carbocycles. The van der Waals surface area contributed by atoms with Crippen LogP contribution < -0.4 is 9.44 Å². The smallest absolute Gasteiger partial charge is 0.271 e. The number of anilines is 2. The third kappa shape index (κ3) is 4.36. The molecular weight excluding hydrogens is 416 g/mol. The van der Waals surface area contributed by atoms with Crippen LogP contribution in [0.15, 0.2) is 75.8 Å². The molecule has 10 heteroatoms. The average Bonchev–Trinajstić information content (AvgIpc) is 3.03. The molecule has 3 aromatic rings. The van der Waals surface area contributed by atoms with Crippen LogP contribution >= 0.6 is 22.9 Å². The molecule has 3 rings (SSSR count). The van der Waals surface area contributed by atoms with E-state index in [-0.39, 0.29) is 14.8 Å². The molecule has 2 N–H and O–H groups in total. The van der Waals surface area contributed by atoms with Crippen LogP contribution in [-0.2, 0) is 20.0 Å². The number of halogens is 1. The minimum atomic E-state index is -3.77. The van der Waals surface area contributed by atoms with Crippen molar-refractivity contribution in [3.8, 4) is 0 Å². The van der Waals surface area contributed by atoms with Crippen molar-refractivity contribution < 1.29 is 16.8 Å². The fourth-order valence-electron chi connectivity index (χ4n) is 2.07. The molecule has 0 spiro atoms. The second kappa shape index (κ2) is 7.28. The lowest BCUT2D eigenvalue weighted by Gasteiger charge is -2.10. The molecule has 0 amide bonds. The molecule has 0 aliphatic rings. The Morgan fingerprint density at radius 3 is 1.85 bits per heavy atom. The summed E-state index contributed by atoms with van der Waals surface area (Å²) >= 11 is 6.69. The van der Waals surface area contributed by atoms with Crippen LogP contribution in [0.5, 0.6) is 0 Å². The Bertz CT molecular complexity index is 1110. The average molecular weight is 429 g/mol. The van der Waals surface area contributed by atoms with Gasteiger partial charge >= 0.3 is 0 Å². The fourth-order valence-corrected chi connectivity index (χ4v) is 5.67. The highest BCUT2D eigenvalue weighted by Gasteiger charge is 2.18. The maximum Gasteiger partial charge on any atom is 0.271 e. The van der Waals surface area contributed by atoms with Crippen molar-refractivity contribution in [2.45, 2.75) is 9.10 Å². The van der Waals surface area contributed by atoms with Gasteiger partial charge in [-0.2, -0.15) is 0 Å². The number of nitrogens with one attached hydrogen (secondary N) is 2. The predicted molar refractivity (Wildman–Crippen MR) is 104 cm³/mol. The van der Waals surface area contributed by atoms with Crippen LogP contribution in [0.1, 0.15) is 0 Å². The first-order valence-electron chi connectivity index (χ1n) is 7.22. The Morgan fingerprint density at radius 1 is 0.692 bits per heavy atom. The van der Waals surface area contributed by atoms with Gasteiger partial charge in [-0.25, -0.2) is 16.8 Å². The van der Waals surface area contributed by atoms with Crippen LogP contribution in [-0.4, -0.2) is 16.8 Å². The van der Waals surface area contributed by atoms with E-state index in [0.717, 1.165) is 11.3 Å². The highest BCUT2D eigenvalue weighted by atomic mass is 35.5. The van der Waals surface area contributed by atoms with Crippen LogP contribution in [0.4, 0.5) is 11.4 Å². The summed E-state index contributed by atoms with van der Waals surface area (Å²) in [5, 5.41) is 0. The molecule has 0 bridgehead atoms. The molecule has 0 radical (unpaired) electrons. The van der Waals surface area contributed by atoms with Crippen LogP contribution in [0.3, 0.4) is 0 Å². The SMILES string of the molecule is O=S(=O)(Nc1ccccc1)c1ccc(NS(=O)(=O)c2ccc(Cl)s2)cc1. The maximum atomic E-state index is 12.4. The molecule has 26 heavy (non-hydrogen) atoms. The Morgan fingerprint density at radius 2 is 1.27 bits per heavy atom. The van der Waals surface area contributed by atoms with Crippen molar-refractivity contribution in [2.75, 3.05) is 9.44 Å². The molecule has 0 fully saturated rings. The molecule has 0 aliphatic heterocycles. The van der Waals surface area contributed by atoms with E-state index in [1.165, 1.54) is 36.4 Å². The first-order chi connectivity index (χ1) is 12.3. The summed E-state index contributed by atoms with van der Waals surface area (Å²) < 4.78 is 54.5. The number of benzene rings is 2. The van der Waals surface area contributed by atoms with Gasteiger partial charge in [-0.1, -0.05) is 29.8 Å². The zero-order valence-electron chi connectivity index (χ0n) is 13.1. The number of thiophene rings is 1. The molecule has 0 atom stereocenters. The van der Waals surface area contributed by atoms with Gasteiger partial charge in [0, 0.05) is 11.4 Å². The quantitative estimate of drug-likeness (QED) is 0.620. The number of rotatable bonds is 6. The summed E-state index contributed by atoms with van der Waals surface area (Å²) in [5.74, 6) is 0. The maximum absolute atomic E-state index is 12.4. The first kappa shape index (κ1) is 18.7. The topological polar surface area (TPSA) is 92.3 Å². The third-order valence-corrected chi connectivity index (χ3v) is 7.76. The standard InChI is InChI=1S/C16H13ClN2O4S3/c17-15-10-11-16(24-15)26(22,23)19-13-6-8-14(9-7-13)25(20,21)18-12-4-2-1-3-5-12/h1-11,18-19H. The van der Waals surface area contributed by atoms with Crippen LogP contribution in [0.25, 0.3) is 0 Å².